The van der Waals surface area contributed by atoms with Crippen LogP contribution >= 0.6 is 11.3 Å². The van der Waals surface area contributed by atoms with Gasteiger partial charge >= 0.3 is 5.97 Å². The van der Waals surface area contributed by atoms with E-state index in [4.69, 9.17) is 4.74 Å². The van der Waals surface area contributed by atoms with Gasteiger partial charge < -0.3 is 15.0 Å². The van der Waals surface area contributed by atoms with Gasteiger partial charge in [0, 0.05) is 5.69 Å². The Morgan fingerprint density at radius 1 is 1.19 bits per heavy atom. The molecule has 3 aromatic rings. The predicted molar refractivity (Wildman–Crippen MR) is 104 cm³/mol. The van der Waals surface area contributed by atoms with Gasteiger partial charge in [0.15, 0.2) is 6.10 Å². The van der Waals surface area contributed by atoms with Crippen LogP contribution in [0.25, 0.3) is 10.2 Å². The Morgan fingerprint density at radius 3 is 2.52 bits per heavy atom. The normalized spacial score (nSPS) is 12.0. The molecule has 2 N–H and O–H groups in total. The third-order valence-electron chi connectivity index (χ3n) is 4.08. The van der Waals surface area contributed by atoms with E-state index < -0.39 is 18.0 Å². The Bertz CT molecular complexity index is 1080. The minimum Gasteiger partial charge on any atom is -0.448 e. The summed E-state index contributed by atoms with van der Waals surface area (Å²) in [6.07, 6.45) is -0.989. The molecule has 0 fully saturated rings. The number of anilines is 1. The molecule has 7 nitrogen and oxygen atoms in total. The molecule has 0 aliphatic heterocycles. The van der Waals surface area contributed by atoms with Crippen LogP contribution in [0.1, 0.15) is 33.5 Å². The minimum absolute atomic E-state index is 0.267. The van der Waals surface area contributed by atoms with Crippen molar-refractivity contribution in [2.24, 2.45) is 0 Å². The van der Waals surface area contributed by atoms with E-state index in [1.165, 1.54) is 6.92 Å². The fraction of sp³-hybridized carbons (Fsp3) is 0.263. The third kappa shape index (κ3) is 3.90. The zero-order valence-corrected chi connectivity index (χ0v) is 16.2. The first kappa shape index (κ1) is 18.8. The molecule has 0 aliphatic rings. The van der Waals surface area contributed by atoms with Crippen molar-refractivity contribution in [2.45, 2.75) is 33.8 Å². The van der Waals surface area contributed by atoms with Crippen LogP contribution in [-0.4, -0.2) is 27.9 Å². The molecule has 1 atom stereocenters. The maximum absolute atomic E-state index is 12.5. The van der Waals surface area contributed by atoms with Crippen LogP contribution < -0.4 is 10.9 Å². The smallest absolute Gasteiger partial charge is 0.349 e. The Balaban J connectivity index is 1.76. The van der Waals surface area contributed by atoms with Crippen molar-refractivity contribution in [1.82, 2.24) is 9.97 Å². The number of hydrogen-bond donors (Lipinski definition) is 2. The second kappa shape index (κ2) is 7.32. The molecule has 140 valence electrons. The molecule has 0 saturated heterocycles. The number of carbonyl (C=O) groups excluding carboxylic acids is 2. The largest absolute Gasteiger partial charge is 0.448 e. The number of thiophene rings is 1. The Kier molecular flexibility index (Phi) is 5.09. The molecule has 3 rings (SSSR count). The number of esters is 1. The van der Waals surface area contributed by atoms with Gasteiger partial charge in [-0.25, -0.2) is 9.78 Å². The van der Waals surface area contributed by atoms with Crippen molar-refractivity contribution in [3.8, 4) is 0 Å². The Labute approximate surface area is 159 Å². The fourth-order valence-corrected chi connectivity index (χ4v) is 3.70. The van der Waals surface area contributed by atoms with E-state index in [0.717, 1.165) is 16.9 Å². The summed E-state index contributed by atoms with van der Waals surface area (Å²) >= 11 is 1.08. The molecule has 0 spiro atoms. The lowest BCUT2D eigenvalue weighted by Crippen LogP contribution is -2.29. The van der Waals surface area contributed by atoms with Gasteiger partial charge in [-0.2, -0.15) is 0 Å². The number of amides is 1. The first-order chi connectivity index (χ1) is 12.8. The topological polar surface area (TPSA) is 101 Å². The molecule has 2 aromatic heterocycles. The molecule has 0 aliphatic carbocycles. The van der Waals surface area contributed by atoms with Crippen LogP contribution in [0.5, 0.6) is 0 Å². The van der Waals surface area contributed by atoms with Crippen molar-refractivity contribution >= 4 is 39.1 Å². The number of aromatic nitrogens is 2. The van der Waals surface area contributed by atoms with Crippen LogP contribution in [0, 0.1) is 20.8 Å². The monoisotopic (exact) mass is 385 g/mol. The number of nitrogens with one attached hydrogen (secondary N) is 2. The molecule has 0 bridgehead atoms. The molecule has 0 radical (unpaired) electrons. The maximum Gasteiger partial charge on any atom is 0.349 e. The zero-order chi connectivity index (χ0) is 19.7. The summed E-state index contributed by atoms with van der Waals surface area (Å²) in [6.45, 7) is 6.79. The molecular weight excluding hydrogens is 366 g/mol. The molecule has 1 amide bonds. The number of fused-ring (bicyclic) bond motifs is 1. The number of rotatable bonds is 4. The number of benzene rings is 1. The summed E-state index contributed by atoms with van der Waals surface area (Å²) in [4.78, 5) is 44.5. The Hall–Kier alpha value is -3.00. The van der Waals surface area contributed by atoms with Crippen molar-refractivity contribution < 1.29 is 14.3 Å². The van der Waals surface area contributed by atoms with Crippen molar-refractivity contribution in [3.63, 3.8) is 0 Å². The second-order valence-electron chi connectivity index (χ2n) is 6.29. The number of H-pyrrole nitrogens is 1. The van der Waals surface area contributed by atoms with Gasteiger partial charge in [0.2, 0.25) is 0 Å². The standard InChI is InChI=1S/C19H19N3O4S/c1-9-5-7-13(8-6-9)22-16(23)11(3)26-19(25)15-10(2)14-17(24)20-12(4)21-18(14)27-15/h5-8,11H,1-4H3,(H,22,23)(H,20,21,24)/t11-/m1/s1. The van der Waals surface area contributed by atoms with Crippen LogP contribution in [0.2, 0.25) is 0 Å². The van der Waals surface area contributed by atoms with Gasteiger partial charge in [-0.05, 0) is 45.4 Å². The quantitative estimate of drug-likeness (QED) is 0.672. The molecule has 0 unspecified atom stereocenters. The average molecular weight is 385 g/mol. The molecule has 1 aromatic carbocycles. The van der Waals surface area contributed by atoms with E-state index in [1.54, 1.807) is 26.0 Å². The van der Waals surface area contributed by atoms with E-state index in [-0.39, 0.29) is 10.4 Å². The minimum atomic E-state index is -0.989. The Morgan fingerprint density at radius 2 is 1.85 bits per heavy atom. The molecule has 2 heterocycles. The van der Waals surface area contributed by atoms with E-state index in [9.17, 15) is 14.4 Å². The summed E-state index contributed by atoms with van der Waals surface area (Å²) in [7, 11) is 0. The highest BCUT2D eigenvalue weighted by Gasteiger charge is 2.24. The van der Waals surface area contributed by atoms with Crippen molar-refractivity contribution in [3.05, 3.63) is 56.4 Å². The van der Waals surface area contributed by atoms with E-state index >= 15 is 0 Å². The molecular formula is C19H19N3O4S. The SMILES string of the molecule is Cc1ccc(NC(=O)[C@@H](C)OC(=O)c2sc3nc(C)[nH]c(=O)c3c2C)cc1. The predicted octanol–water partition coefficient (Wildman–Crippen LogP) is 3.09. The highest BCUT2D eigenvalue weighted by molar-refractivity contribution is 7.20. The van der Waals surface area contributed by atoms with E-state index in [1.807, 2.05) is 19.1 Å². The highest BCUT2D eigenvalue weighted by atomic mass is 32.1. The summed E-state index contributed by atoms with van der Waals surface area (Å²) in [5.41, 5.74) is 1.90. The highest BCUT2D eigenvalue weighted by Crippen LogP contribution is 2.28. The third-order valence-corrected chi connectivity index (χ3v) is 5.24. The second-order valence-corrected chi connectivity index (χ2v) is 7.29. The van der Waals surface area contributed by atoms with E-state index in [0.29, 0.717) is 27.3 Å². The van der Waals surface area contributed by atoms with Gasteiger partial charge in [-0.1, -0.05) is 17.7 Å². The molecule has 0 saturated carbocycles. The summed E-state index contributed by atoms with van der Waals surface area (Å²) in [5, 5.41) is 3.07. The van der Waals surface area contributed by atoms with Crippen LogP contribution in [0.4, 0.5) is 5.69 Å². The van der Waals surface area contributed by atoms with Gasteiger partial charge in [0.1, 0.15) is 15.5 Å². The number of carbonyl (C=O) groups is 2. The summed E-state index contributed by atoms with van der Waals surface area (Å²) in [5.74, 6) is -0.614. The van der Waals surface area contributed by atoms with Crippen LogP contribution in [-0.2, 0) is 9.53 Å². The zero-order valence-electron chi connectivity index (χ0n) is 15.4. The number of aromatic amines is 1. The maximum atomic E-state index is 12.5. The summed E-state index contributed by atoms with van der Waals surface area (Å²) in [6, 6.07) is 7.30. The summed E-state index contributed by atoms with van der Waals surface area (Å²) < 4.78 is 5.29. The first-order valence-electron chi connectivity index (χ1n) is 8.35. The molecule has 8 heteroatoms. The first-order valence-corrected chi connectivity index (χ1v) is 9.16. The lowest BCUT2D eigenvalue weighted by Gasteiger charge is -2.13. The molecule has 27 heavy (non-hydrogen) atoms. The van der Waals surface area contributed by atoms with Crippen LogP contribution in [0.3, 0.4) is 0 Å². The lowest BCUT2D eigenvalue weighted by atomic mass is 10.2. The van der Waals surface area contributed by atoms with Gasteiger partial charge in [-0.15, -0.1) is 11.3 Å². The number of ether oxygens (including phenoxy) is 1. The van der Waals surface area contributed by atoms with Gasteiger partial charge in [0.05, 0.1) is 5.39 Å². The number of hydrogen-bond acceptors (Lipinski definition) is 6. The van der Waals surface area contributed by atoms with Gasteiger partial charge in [-0.3, -0.25) is 9.59 Å². The number of nitrogens with zero attached hydrogens (tertiary/aromatic N) is 1. The van der Waals surface area contributed by atoms with Crippen molar-refractivity contribution in [2.75, 3.05) is 5.32 Å². The van der Waals surface area contributed by atoms with Crippen LogP contribution in [0.15, 0.2) is 29.1 Å². The van der Waals surface area contributed by atoms with Crippen molar-refractivity contribution in [1.29, 1.82) is 0 Å². The van der Waals surface area contributed by atoms with E-state index in [2.05, 4.69) is 15.3 Å². The fourth-order valence-electron chi connectivity index (χ4n) is 2.59. The number of aryl methyl sites for hydroxylation is 3. The lowest BCUT2D eigenvalue weighted by molar-refractivity contribution is -0.123. The van der Waals surface area contributed by atoms with Gasteiger partial charge in [0.25, 0.3) is 11.5 Å². The average Bonchev–Trinajstić information content (AvgIpc) is 2.93.